The zero-order valence-electron chi connectivity index (χ0n) is 16.2. The molecule has 2 aliphatic rings. The molecule has 144 valence electrons. The van der Waals surface area contributed by atoms with Crippen molar-refractivity contribution < 1.29 is 9.59 Å². The number of fused-ring (bicyclic) bond motifs is 1. The molecule has 3 heterocycles. The third kappa shape index (κ3) is 3.39. The summed E-state index contributed by atoms with van der Waals surface area (Å²) >= 11 is 0. The number of rotatable bonds is 3. The van der Waals surface area contributed by atoms with Gasteiger partial charge in [0.2, 0.25) is 5.82 Å². The third-order valence-electron chi connectivity index (χ3n) is 5.22. The number of carbonyl (C=O) groups is 2. The molecular weight excluding hydrogens is 346 g/mol. The molecule has 1 saturated heterocycles. The van der Waals surface area contributed by atoms with E-state index < -0.39 is 11.9 Å². The molecule has 1 fully saturated rings. The highest BCUT2D eigenvalue weighted by Crippen LogP contribution is 2.30. The summed E-state index contributed by atoms with van der Waals surface area (Å²) in [5, 5.41) is 8.71. The molecule has 1 N–H and O–H groups in total. The Balaban J connectivity index is 1.76. The van der Waals surface area contributed by atoms with Crippen molar-refractivity contribution in [3.8, 4) is 6.57 Å². The molecule has 0 radical (unpaired) electrons. The van der Waals surface area contributed by atoms with Gasteiger partial charge in [-0.2, -0.15) is 0 Å². The first-order chi connectivity index (χ1) is 12.9. The highest BCUT2D eigenvalue weighted by molar-refractivity contribution is 5.95. The zero-order chi connectivity index (χ0) is 19.7. The number of aryl methyl sites for hydroxylation is 1. The first kappa shape index (κ1) is 18.9. The molecule has 27 heavy (non-hydrogen) atoms. The van der Waals surface area contributed by atoms with Crippen LogP contribution in [-0.4, -0.2) is 56.1 Å². The normalized spacial score (nSPS) is 24.1. The van der Waals surface area contributed by atoms with E-state index in [1.165, 1.54) is 4.90 Å². The van der Waals surface area contributed by atoms with Gasteiger partial charge >= 0.3 is 6.57 Å². The Kier molecular flexibility index (Phi) is 5.17. The summed E-state index contributed by atoms with van der Waals surface area (Å²) in [6.07, 6.45) is 3.94. The molecular formula is C18H26N7O2+. The number of nitrogens with one attached hydrogen (secondary N) is 1. The smallest absolute Gasteiger partial charge is 0.305 e. The lowest BCUT2D eigenvalue weighted by Gasteiger charge is -2.20. The first-order valence-corrected chi connectivity index (χ1v) is 9.25. The van der Waals surface area contributed by atoms with Gasteiger partial charge < -0.3 is 5.32 Å². The molecule has 1 unspecified atom stereocenters. The minimum atomic E-state index is -0.691. The molecule has 1 aromatic heterocycles. The second-order valence-corrected chi connectivity index (χ2v) is 7.24. The van der Waals surface area contributed by atoms with Crippen molar-refractivity contribution >= 4 is 11.8 Å². The van der Waals surface area contributed by atoms with Crippen molar-refractivity contribution in [1.82, 2.24) is 30.0 Å². The van der Waals surface area contributed by atoms with Crippen LogP contribution in [0.15, 0.2) is 11.9 Å². The Hall–Kier alpha value is -2.89. The summed E-state index contributed by atoms with van der Waals surface area (Å²) in [6, 6.07) is -0.430. The standard InChI is InChI=1S/C18H25N7O2/c1-6-15-23(5)18(27)12(9-10-24(15)19-4)20-17(26)16-21-14-8-7-13(11(2)3)25(14)22-16/h4,6,11-13H,7-10H2,1-3,5H3/p+1/b15-6-/t12-,13?/m0/s1. The lowest BCUT2D eigenvalue weighted by atomic mass is 10.0. The predicted octanol–water partition coefficient (Wildman–Crippen LogP) is 1.42. The SMILES string of the molecule is C#[N+]N1CC[C@H](NC(=O)c2nc3n(n2)C(C(C)C)CC3)C(=O)N(C)/C1=C/C. The number of hydrogen-bond acceptors (Lipinski definition) is 5. The number of hydrogen-bond donors (Lipinski definition) is 1. The van der Waals surface area contributed by atoms with Crippen molar-refractivity contribution in [2.45, 2.75) is 52.1 Å². The number of aromatic nitrogens is 3. The maximum atomic E-state index is 12.7. The molecule has 2 aliphatic heterocycles. The van der Waals surface area contributed by atoms with Crippen LogP contribution in [0.1, 0.15) is 56.1 Å². The van der Waals surface area contributed by atoms with E-state index in [-0.39, 0.29) is 17.8 Å². The van der Waals surface area contributed by atoms with Gasteiger partial charge in [0, 0.05) is 19.9 Å². The summed E-state index contributed by atoms with van der Waals surface area (Å²) < 4.78 is 1.85. The molecule has 9 nitrogen and oxygen atoms in total. The molecule has 0 spiro atoms. The molecule has 0 aliphatic carbocycles. The molecule has 9 heteroatoms. The van der Waals surface area contributed by atoms with Crippen LogP contribution in [-0.2, 0) is 11.2 Å². The van der Waals surface area contributed by atoms with E-state index in [2.05, 4.69) is 34.2 Å². The fraction of sp³-hybridized carbons (Fsp3) is 0.611. The van der Waals surface area contributed by atoms with Gasteiger partial charge in [-0.3, -0.25) is 14.5 Å². The number of allylic oxidation sites excluding steroid dienone is 1. The van der Waals surface area contributed by atoms with E-state index in [1.807, 2.05) is 4.68 Å². The topological polar surface area (TPSA) is 87.7 Å². The fourth-order valence-corrected chi connectivity index (χ4v) is 3.73. The van der Waals surface area contributed by atoms with Gasteiger partial charge in [-0.25, -0.2) is 9.67 Å². The monoisotopic (exact) mass is 372 g/mol. The highest BCUT2D eigenvalue weighted by atomic mass is 16.2. The summed E-state index contributed by atoms with van der Waals surface area (Å²) in [6.45, 7) is 11.9. The Morgan fingerprint density at radius 1 is 1.41 bits per heavy atom. The van der Waals surface area contributed by atoms with Crippen molar-refractivity contribution in [3.63, 3.8) is 0 Å². The van der Waals surface area contributed by atoms with E-state index in [0.29, 0.717) is 24.7 Å². The summed E-state index contributed by atoms with van der Waals surface area (Å²) in [4.78, 5) is 34.9. The van der Waals surface area contributed by atoms with Crippen molar-refractivity contribution in [3.05, 3.63) is 28.5 Å². The van der Waals surface area contributed by atoms with Gasteiger partial charge in [0.05, 0.1) is 17.5 Å². The van der Waals surface area contributed by atoms with Crippen LogP contribution in [0.25, 0.3) is 4.95 Å². The largest absolute Gasteiger partial charge is 0.337 e. The molecule has 2 atom stereocenters. The van der Waals surface area contributed by atoms with E-state index in [0.717, 1.165) is 18.7 Å². The van der Waals surface area contributed by atoms with Crippen molar-refractivity contribution in [2.24, 2.45) is 5.92 Å². The van der Waals surface area contributed by atoms with Crippen molar-refractivity contribution in [1.29, 1.82) is 0 Å². The summed E-state index contributed by atoms with van der Waals surface area (Å²) in [7, 11) is 1.64. The lowest BCUT2D eigenvalue weighted by Crippen LogP contribution is -2.46. The van der Waals surface area contributed by atoms with E-state index in [1.54, 1.807) is 25.1 Å². The minimum Gasteiger partial charge on any atom is -0.337 e. The average Bonchev–Trinajstić information content (AvgIpc) is 3.20. The number of carbonyl (C=O) groups excluding carboxylic acids is 2. The Morgan fingerprint density at radius 2 is 2.15 bits per heavy atom. The van der Waals surface area contributed by atoms with Gasteiger partial charge in [0.25, 0.3) is 11.8 Å². The van der Waals surface area contributed by atoms with Gasteiger partial charge in [0.1, 0.15) is 11.9 Å². The Labute approximate surface area is 158 Å². The summed E-state index contributed by atoms with van der Waals surface area (Å²) in [5.41, 5.74) is 0. The van der Waals surface area contributed by atoms with Crippen LogP contribution < -0.4 is 5.32 Å². The van der Waals surface area contributed by atoms with Crippen LogP contribution in [0.5, 0.6) is 0 Å². The van der Waals surface area contributed by atoms with Crippen molar-refractivity contribution in [2.75, 3.05) is 13.6 Å². The fourth-order valence-electron chi connectivity index (χ4n) is 3.73. The molecule has 1 aromatic rings. The van der Waals surface area contributed by atoms with Crippen LogP contribution in [0.3, 0.4) is 0 Å². The molecule has 0 bridgehead atoms. The predicted molar refractivity (Wildman–Crippen MR) is 99.6 cm³/mol. The Morgan fingerprint density at radius 3 is 2.78 bits per heavy atom. The molecule has 2 amide bonds. The average molecular weight is 372 g/mol. The van der Waals surface area contributed by atoms with E-state index >= 15 is 0 Å². The second kappa shape index (κ2) is 7.39. The molecule has 0 aromatic carbocycles. The minimum absolute atomic E-state index is 0.113. The molecule has 3 rings (SSSR count). The zero-order valence-corrected chi connectivity index (χ0v) is 16.2. The van der Waals surface area contributed by atoms with Crippen LogP contribution in [0.4, 0.5) is 0 Å². The van der Waals surface area contributed by atoms with Crippen LogP contribution in [0, 0.1) is 12.5 Å². The van der Waals surface area contributed by atoms with E-state index in [4.69, 9.17) is 6.57 Å². The number of amides is 2. The highest BCUT2D eigenvalue weighted by Gasteiger charge is 2.36. The van der Waals surface area contributed by atoms with Crippen LogP contribution >= 0.6 is 0 Å². The maximum absolute atomic E-state index is 12.7. The maximum Gasteiger partial charge on any atom is 0.305 e. The van der Waals surface area contributed by atoms with Crippen LogP contribution in [0.2, 0.25) is 0 Å². The van der Waals surface area contributed by atoms with Gasteiger partial charge in [-0.15, -0.1) is 5.10 Å². The lowest BCUT2D eigenvalue weighted by molar-refractivity contribution is -0.130. The summed E-state index contributed by atoms with van der Waals surface area (Å²) in [5.74, 6) is 1.28. The molecule has 0 saturated carbocycles. The van der Waals surface area contributed by atoms with E-state index in [9.17, 15) is 9.59 Å². The number of nitrogens with zero attached hydrogens (tertiary/aromatic N) is 6. The number of likely N-dealkylation sites (N-methyl/N-ethyl adjacent to an activating group) is 1. The Bertz CT molecular complexity index is 820. The van der Waals surface area contributed by atoms with Gasteiger partial charge in [-0.1, -0.05) is 13.8 Å². The quantitative estimate of drug-likeness (QED) is 0.867. The van der Waals surface area contributed by atoms with Gasteiger partial charge in [0.15, 0.2) is 5.82 Å². The van der Waals surface area contributed by atoms with Gasteiger partial charge in [-0.05, 0) is 30.3 Å². The first-order valence-electron chi connectivity index (χ1n) is 9.25. The second-order valence-electron chi connectivity index (χ2n) is 7.24. The third-order valence-corrected chi connectivity index (χ3v) is 5.22.